The van der Waals surface area contributed by atoms with Crippen molar-refractivity contribution in [3.05, 3.63) is 24.0 Å². The first-order valence-electron chi connectivity index (χ1n) is 3.33. The van der Waals surface area contributed by atoms with Crippen LogP contribution in [-0.4, -0.2) is 16.5 Å². The summed E-state index contributed by atoms with van der Waals surface area (Å²) < 4.78 is 0. The van der Waals surface area contributed by atoms with Crippen molar-refractivity contribution in [1.82, 2.24) is 9.97 Å². The van der Waals surface area contributed by atoms with Crippen LogP contribution in [0.25, 0.3) is 0 Å². The number of nitrogen functional groups attached to an aromatic ring is 1. The van der Waals surface area contributed by atoms with Gasteiger partial charge in [0.15, 0.2) is 0 Å². The molecule has 0 saturated carbocycles. The molecule has 0 aliphatic heterocycles. The van der Waals surface area contributed by atoms with Gasteiger partial charge in [0, 0.05) is 11.1 Å². The number of hydrogen-bond donors (Lipinski definition) is 2. The fourth-order valence-corrected chi connectivity index (χ4v) is 0.722. The molecule has 1 heterocycles. The van der Waals surface area contributed by atoms with Crippen LogP contribution < -0.4 is 11.1 Å². The smallest absolute Gasteiger partial charge is 0.131 e. The van der Waals surface area contributed by atoms with E-state index in [9.17, 15) is 0 Å². The molecule has 0 fully saturated rings. The van der Waals surface area contributed by atoms with Gasteiger partial charge >= 0.3 is 0 Å². The Kier molecular flexibility index (Phi) is 2.88. The Balaban J connectivity index is 2.57. The number of nitrogens with zero attached hydrogens (tertiary/aromatic N) is 2. The number of aromatic nitrogens is 2. The fraction of sp³-hybridized carbons (Fsp3) is 0.143. The molecule has 1 aromatic heterocycles. The second-order valence-corrected chi connectivity index (χ2v) is 2.73. The minimum atomic E-state index is 0.424. The number of nitrogens with two attached hydrogens (primary N) is 1. The van der Waals surface area contributed by atoms with Crippen molar-refractivity contribution in [2.24, 2.45) is 0 Å². The predicted octanol–water partition coefficient (Wildman–Crippen LogP) is 1.22. The Morgan fingerprint density at radius 3 is 3.00 bits per heavy atom. The van der Waals surface area contributed by atoms with E-state index < -0.39 is 0 Å². The Bertz CT molecular complexity index is 286. The van der Waals surface area contributed by atoms with Crippen molar-refractivity contribution in [2.45, 2.75) is 0 Å². The van der Waals surface area contributed by atoms with Gasteiger partial charge in [-0.15, -0.1) is 0 Å². The zero-order chi connectivity index (χ0) is 8.97. The highest BCUT2D eigenvalue weighted by atomic mass is 35.5. The molecule has 0 amide bonds. The molecular formula is C7H9ClN4. The molecule has 4 nitrogen and oxygen atoms in total. The lowest BCUT2D eigenvalue weighted by Crippen LogP contribution is -2.03. The first-order chi connectivity index (χ1) is 5.68. The topological polar surface area (TPSA) is 63.8 Å². The monoisotopic (exact) mass is 184 g/mol. The SMILES string of the molecule is C=C(Cl)CNc1cc(N)ncn1. The van der Waals surface area contributed by atoms with Gasteiger partial charge in [0.25, 0.3) is 0 Å². The molecule has 0 radical (unpaired) electrons. The first kappa shape index (κ1) is 8.80. The normalized spacial score (nSPS) is 9.42. The summed E-state index contributed by atoms with van der Waals surface area (Å²) in [7, 11) is 0. The van der Waals surface area contributed by atoms with Gasteiger partial charge in [-0.1, -0.05) is 18.2 Å². The highest BCUT2D eigenvalue weighted by Crippen LogP contribution is 2.06. The van der Waals surface area contributed by atoms with E-state index in [1.54, 1.807) is 6.07 Å². The summed E-state index contributed by atoms with van der Waals surface area (Å²) in [6, 6.07) is 1.62. The van der Waals surface area contributed by atoms with Crippen molar-refractivity contribution < 1.29 is 0 Å². The van der Waals surface area contributed by atoms with Crippen molar-refractivity contribution >= 4 is 23.2 Å². The zero-order valence-corrected chi connectivity index (χ0v) is 7.17. The second kappa shape index (κ2) is 3.92. The van der Waals surface area contributed by atoms with Gasteiger partial charge in [-0.05, 0) is 0 Å². The van der Waals surface area contributed by atoms with Gasteiger partial charge in [-0.3, -0.25) is 0 Å². The molecule has 0 saturated heterocycles. The van der Waals surface area contributed by atoms with Gasteiger partial charge in [0.2, 0.25) is 0 Å². The first-order valence-corrected chi connectivity index (χ1v) is 3.71. The third kappa shape index (κ3) is 2.75. The zero-order valence-electron chi connectivity index (χ0n) is 6.42. The van der Waals surface area contributed by atoms with E-state index in [0.29, 0.717) is 23.2 Å². The Morgan fingerprint density at radius 2 is 2.42 bits per heavy atom. The van der Waals surface area contributed by atoms with E-state index in [2.05, 4.69) is 21.9 Å². The van der Waals surface area contributed by atoms with Crippen LogP contribution in [0.3, 0.4) is 0 Å². The average Bonchev–Trinajstić information content (AvgIpc) is 2.01. The van der Waals surface area contributed by atoms with Crippen molar-refractivity contribution in [1.29, 1.82) is 0 Å². The average molecular weight is 185 g/mol. The minimum Gasteiger partial charge on any atom is -0.384 e. The van der Waals surface area contributed by atoms with Crippen LogP contribution in [0.15, 0.2) is 24.0 Å². The largest absolute Gasteiger partial charge is 0.384 e. The van der Waals surface area contributed by atoms with Crippen LogP contribution in [0.2, 0.25) is 0 Å². The number of anilines is 2. The van der Waals surface area contributed by atoms with E-state index in [1.807, 2.05) is 0 Å². The molecule has 0 aromatic carbocycles. The number of hydrogen-bond acceptors (Lipinski definition) is 4. The Labute approximate surface area is 75.5 Å². The lowest BCUT2D eigenvalue weighted by Gasteiger charge is -2.02. The van der Waals surface area contributed by atoms with Crippen molar-refractivity contribution in [3.63, 3.8) is 0 Å². The highest BCUT2D eigenvalue weighted by molar-refractivity contribution is 6.29. The summed E-state index contributed by atoms with van der Waals surface area (Å²) in [5, 5.41) is 3.44. The summed E-state index contributed by atoms with van der Waals surface area (Å²) in [6.07, 6.45) is 1.38. The number of halogens is 1. The fourth-order valence-electron chi connectivity index (χ4n) is 0.655. The molecule has 0 atom stereocenters. The maximum absolute atomic E-state index is 5.54. The lowest BCUT2D eigenvalue weighted by atomic mass is 10.5. The van der Waals surface area contributed by atoms with Crippen LogP contribution in [0.1, 0.15) is 0 Å². The van der Waals surface area contributed by atoms with Crippen LogP contribution in [0.4, 0.5) is 11.6 Å². The standard InChI is InChI=1S/C7H9ClN4/c1-5(8)3-10-7-2-6(9)11-4-12-7/h2,4H,1,3H2,(H3,9,10,11,12). The Morgan fingerprint density at radius 1 is 1.67 bits per heavy atom. The minimum absolute atomic E-state index is 0.424. The van der Waals surface area contributed by atoms with Crippen LogP contribution in [0, 0.1) is 0 Å². The predicted molar refractivity (Wildman–Crippen MR) is 49.9 cm³/mol. The highest BCUT2D eigenvalue weighted by Gasteiger charge is 1.94. The van der Waals surface area contributed by atoms with Crippen LogP contribution in [0.5, 0.6) is 0 Å². The number of rotatable bonds is 3. The van der Waals surface area contributed by atoms with Gasteiger partial charge in [-0.25, -0.2) is 9.97 Å². The van der Waals surface area contributed by atoms with E-state index in [1.165, 1.54) is 6.33 Å². The molecule has 12 heavy (non-hydrogen) atoms. The molecule has 5 heteroatoms. The summed E-state index contributed by atoms with van der Waals surface area (Å²) in [5.41, 5.74) is 5.42. The summed E-state index contributed by atoms with van der Waals surface area (Å²) >= 11 is 5.54. The molecule has 0 aliphatic carbocycles. The second-order valence-electron chi connectivity index (χ2n) is 2.20. The molecule has 0 bridgehead atoms. The molecular weight excluding hydrogens is 176 g/mol. The van der Waals surface area contributed by atoms with E-state index in [-0.39, 0.29) is 0 Å². The third-order valence-corrected chi connectivity index (χ3v) is 1.28. The number of nitrogens with one attached hydrogen (secondary N) is 1. The van der Waals surface area contributed by atoms with Crippen LogP contribution in [-0.2, 0) is 0 Å². The van der Waals surface area contributed by atoms with E-state index in [0.717, 1.165) is 0 Å². The van der Waals surface area contributed by atoms with Gasteiger partial charge in [0.1, 0.15) is 18.0 Å². The third-order valence-electron chi connectivity index (χ3n) is 1.15. The maximum atomic E-state index is 5.54. The van der Waals surface area contributed by atoms with Crippen molar-refractivity contribution in [3.8, 4) is 0 Å². The molecule has 64 valence electrons. The maximum Gasteiger partial charge on any atom is 0.131 e. The molecule has 0 unspecified atom stereocenters. The quantitative estimate of drug-likeness (QED) is 0.742. The molecule has 3 N–H and O–H groups in total. The Hall–Kier alpha value is -1.29. The van der Waals surface area contributed by atoms with Gasteiger partial charge in [0.05, 0.1) is 6.54 Å². The van der Waals surface area contributed by atoms with Crippen LogP contribution >= 0.6 is 11.6 Å². The van der Waals surface area contributed by atoms with E-state index >= 15 is 0 Å². The van der Waals surface area contributed by atoms with Gasteiger partial charge < -0.3 is 11.1 Å². The molecule has 0 spiro atoms. The van der Waals surface area contributed by atoms with Gasteiger partial charge in [-0.2, -0.15) is 0 Å². The molecule has 1 aromatic rings. The van der Waals surface area contributed by atoms with Crippen molar-refractivity contribution in [2.75, 3.05) is 17.6 Å². The summed E-state index contributed by atoms with van der Waals surface area (Å²) in [5.74, 6) is 1.07. The molecule has 0 aliphatic rings. The molecule has 1 rings (SSSR count). The lowest BCUT2D eigenvalue weighted by molar-refractivity contribution is 1.14. The summed E-state index contributed by atoms with van der Waals surface area (Å²) in [4.78, 5) is 7.65. The van der Waals surface area contributed by atoms with E-state index in [4.69, 9.17) is 17.3 Å². The summed E-state index contributed by atoms with van der Waals surface area (Å²) in [6.45, 7) is 3.99.